The SMILES string of the molecule is CSc1nc(O)cc([C@@H]2[C@@H]3CC(O[Si](c4ccccc4)(c4ccccc4)C(C)(C)C)C[C@@H]32)n1. The van der Waals surface area contributed by atoms with Crippen LogP contribution in [0.25, 0.3) is 0 Å². The molecule has 1 unspecified atom stereocenters. The van der Waals surface area contributed by atoms with E-state index in [1.54, 1.807) is 6.07 Å². The van der Waals surface area contributed by atoms with Crippen molar-refractivity contribution in [2.45, 2.75) is 55.8 Å². The van der Waals surface area contributed by atoms with E-state index in [4.69, 9.17) is 9.41 Å². The Bertz CT molecular complexity index is 1070. The molecule has 2 aromatic carbocycles. The summed E-state index contributed by atoms with van der Waals surface area (Å²) in [5.41, 5.74) is 0.991. The molecular formula is C27H32N2O2SSi. The Morgan fingerprint density at radius 3 is 1.94 bits per heavy atom. The molecule has 0 spiro atoms. The van der Waals surface area contributed by atoms with Gasteiger partial charge in [0.1, 0.15) is 0 Å². The predicted octanol–water partition coefficient (Wildman–Crippen LogP) is 4.97. The van der Waals surface area contributed by atoms with Crippen LogP contribution in [0.1, 0.15) is 45.2 Å². The summed E-state index contributed by atoms with van der Waals surface area (Å²) in [4.78, 5) is 8.79. The van der Waals surface area contributed by atoms with Gasteiger partial charge in [0.25, 0.3) is 8.32 Å². The van der Waals surface area contributed by atoms with Gasteiger partial charge in [-0.1, -0.05) is 93.2 Å². The molecule has 0 saturated heterocycles. The largest absolute Gasteiger partial charge is 0.493 e. The van der Waals surface area contributed by atoms with Crippen molar-refractivity contribution in [2.75, 3.05) is 6.26 Å². The van der Waals surface area contributed by atoms with Gasteiger partial charge in [-0.05, 0) is 46.3 Å². The van der Waals surface area contributed by atoms with E-state index in [2.05, 4.69) is 86.4 Å². The van der Waals surface area contributed by atoms with E-state index in [1.165, 1.54) is 22.1 Å². The Labute approximate surface area is 202 Å². The number of aromatic nitrogens is 2. The number of fused-ring (bicyclic) bond motifs is 1. The molecule has 0 bridgehead atoms. The van der Waals surface area contributed by atoms with Crippen molar-refractivity contribution in [1.29, 1.82) is 0 Å². The van der Waals surface area contributed by atoms with Crippen molar-refractivity contribution in [2.24, 2.45) is 11.8 Å². The molecule has 1 aromatic heterocycles. The molecule has 1 N–H and O–H groups in total. The molecule has 172 valence electrons. The number of hydrogen-bond donors (Lipinski definition) is 1. The molecule has 6 heteroatoms. The van der Waals surface area contributed by atoms with Crippen LogP contribution in [-0.4, -0.2) is 35.8 Å². The maximum atomic E-state index is 10.0. The first-order chi connectivity index (χ1) is 15.8. The van der Waals surface area contributed by atoms with Crippen LogP contribution in [0.3, 0.4) is 0 Å². The fourth-order valence-electron chi connectivity index (χ4n) is 5.96. The fourth-order valence-corrected chi connectivity index (χ4v) is 11.0. The van der Waals surface area contributed by atoms with Crippen LogP contribution >= 0.6 is 11.8 Å². The Kier molecular flexibility index (Phi) is 5.87. The smallest absolute Gasteiger partial charge is 0.261 e. The van der Waals surface area contributed by atoms with Crippen molar-refractivity contribution in [1.82, 2.24) is 9.97 Å². The lowest BCUT2D eigenvalue weighted by atomic mass is 10.1. The van der Waals surface area contributed by atoms with E-state index >= 15 is 0 Å². The van der Waals surface area contributed by atoms with E-state index in [0.717, 1.165) is 18.5 Å². The quantitative estimate of drug-likeness (QED) is 0.309. The van der Waals surface area contributed by atoms with Gasteiger partial charge in [0.15, 0.2) is 5.16 Å². The third-order valence-corrected chi connectivity index (χ3v) is 13.0. The topological polar surface area (TPSA) is 55.2 Å². The Hall–Kier alpha value is -2.15. The van der Waals surface area contributed by atoms with E-state index in [-0.39, 0.29) is 17.0 Å². The Morgan fingerprint density at radius 1 is 0.909 bits per heavy atom. The number of aromatic hydroxyl groups is 1. The molecule has 4 atom stereocenters. The second kappa shape index (κ2) is 8.57. The van der Waals surface area contributed by atoms with Gasteiger partial charge in [0, 0.05) is 18.1 Å². The predicted molar refractivity (Wildman–Crippen MR) is 137 cm³/mol. The number of nitrogens with zero attached hydrogens (tertiary/aromatic N) is 2. The van der Waals surface area contributed by atoms with Crippen LogP contribution < -0.4 is 10.4 Å². The lowest BCUT2D eigenvalue weighted by Crippen LogP contribution is -2.67. The average Bonchev–Trinajstić information content (AvgIpc) is 3.32. The van der Waals surface area contributed by atoms with Crippen LogP contribution in [0.4, 0.5) is 0 Å². The van der Waals surface area contributed by atoms with Crippen LogP contribution in [0.2, 0.25) is 5.04 Å². The van der Waals surface area contributed by atoms with Crippen LogP contribution in [0, 0.1) is 11.8 Å². The zero-order chi connectivity index (χ0) is 23.2. The number of benzene rings is 2. The van der Waals surface area contributed by atoms with Crippen LogP contribution in [-0.2, 0) is 4.43 Å². The van der Waals surface area contributed by atoms with E-state index in [0.29, 0.717) is 22.9 Å². The number of rotatable bonds is 6. The summed E-state index contributed by atoms with van der Waals surface area (Å²) in [6, 6.07) is 23.5. The highest BCUT2D eigenvalue weighted by Crippen LogP contribution is 2.64. The summed E-state index contributed by atoms with van der Waals surface area (Å²) < 4.78 is 7.34. The minimum absolute atomic E-state index is 0.00637. The van der Waals surface area contributed by atoms with Crippen molar-refractivity contribution in [3.63, 3.8) is 0 Å². The molecule has 33 heavy (non-hydrogen) atoms. The molecule has 2 aliphatic rings. The standard InChI is InChI=1S/C27H32N2O2SSi/c1-27(2,3)33(19-11-7-5-8-12-19,20-13-9-6-10-14-20)31-18-15-21-22(16-18)25(21)23-17-24(30)29-26(28-23)32-4/h5-14,17-18,21-22,25H,15-16H2,1-4H3,(H,28,29,30)/t18?,21-,22+,25-. The molecule has 2 fully saturated rings. The first-order valence-electron chi connectivity index (χ1n) is 11.7. The van der Waals surface area contributed by atoms with Gasteiger partial charge in [-0.25, -0.2) is 4.98 Å². The summed E-state index contributed by atoms with van der Waals surface area (Å²) in [6.07, 6.45) is 4.30. The molecule has 0 aliphatic heterocycles. The lowest BCUT2D eigenvalue weighted by molar-refractivity contribution is 0.177. The molecule has 1 heterocycles. The Morgan fingerprint density at radius 2 is 1.45 bits per heavy atom. The molecule has 2 saturated carbocycles. The molecular weight excluding hydrogens is 444 g/mol. The highest BCUT2D eigenvalue weighted by Gasteiger charge is 2.60. The molecule has 4 nitrogen and oxygen atoms in total. The summed E-state index contributed by atoms with van der Waals surface area (Å²) >= 11 is 1.48. The summed E-state index contributed by atoms with van der Waals surface area (Å²) in [7, 11) is -2.52. The average molecular weight is 477 g/mol. The third kappa shape index (κ3) is 4.02. The second-order valence-corrected chi connectivity index (χ2v) is 15.4. The maximum absolute atomic E-state index is 10.0. The first-order valence-corrected chi connectivity index (χ1v) is 14.9. The molecule has 2 aliphatic carbocycles. The zero-order valence-electron chi connectivity index (χ0n) is 19.7. The zero-order valence-corrected chi connectivity index (χ0v) is 21.5. The van der Waals surface area contributed by atoms with Crippen molar-refractivity contribution in [3.05, 3.63) is 72.4 Å². The monoisotopic (exact) mass is 476 g/mol. The summed E-state index contributed by atoms with van der Waals surface area (Å²) in [5, 5.41) is 13.3. The van der Waals surface area contributed by atoms with Gasteiger partial charge in [-0.15, -0.1) is 0 Å². The van der Waals surface area contributed by atoms with Gasteiger partial charge < -0.3 is 9.53 Å². The number of hydrogen-bond acceptors (Lipinski definition) is 5. The van der Waals surface area contributed by atoms with Crippen molar-refractivity contribution >= 4 is 30.5 Å². The minimum Gasteiger partial charge on any atom is -0.493 e. The van der Waals surface area contributed by atoms with E-state index in [9.17, 15) is 5.11 Å². The lowest BCUT2D eigenvalue weighted by Gasteiger charge is -2.45. The van der Waals surface area contributed by atoms with Gasteiger partial charge in [0.2, 0.25) is 5.88 Å². The minimum atomic E-state index is -2.52. The molecule has 0 amide bonds. The van der Waals surface area contributed by atoms with Crippen molar-refractivity contribution < 1.29 is 9.53 Å². The molecule has 3 aromatic rings. The van der Waals surface area contributed by atoms with Crippen molar-refractivity contribution in [3.8, 4) is 5.88 Å². The van der Waals surface area contributed by atoms with Gasteiger partial charge >= 0.3 is 0 Å². The van der Waals surface area contributed by atoms with E-state index in [1.807, 2.05) is 6.26 Å². The highest BCUT2D eigenvalue weighted by molar-refractivity contribution is 7.98. The molecule has 5 rings (SSSR count). The van der Waals surface area contributed by atoms with Gasteiger partial charge in [0.05, 0.1) is 5.69 Å². The second-order valence-electron chi connectivity index (χ2n) is 10.4. The first kappa shape index (κ1) is 22.6. The Balaban J connectivity index is 1.43. The van der Waals surface area contributed by atoms with Crippen LogP contribution in [0.5, 0.6) is 5.88 Å². The van der Waals surface area contributed by atoms with Gasteiger partial charge in [-0.3, -0.25) is 0 Å². The normalized spacial score (nSPS) is 24.5. The van der Waals surface area contributed by atoms with Crippen LogP contribution in [0.15, 0.2) is 71.9 Å². The van der Waals surface area contributed by atoms with E-state index < -0.39 is 8.32 Å². The number of thioether (sulfide) groups is 1. The highest BCUT2D eigenvalue weighted by atomic mass is 32.2. The summed E-state index contributed by atoms with van der Waals surface area (Å²) in [5.74, 6) is 1.66. The maximum Gasteiger partial charge on any atom is 0.261 e. The summed E-state index contributed by atoms with van der Waals surface area (Å²) in [6.45, 7) is 7.02. The molecule has 0 radical (unpaired) electrons. The van der Waals surface area contributed by atoms with Gasteiger partial charge in [-0.2, -0.15) is 4.98 Å². The third-order valence-electron chi connectivity index (χ3n) is 7.40. The fraction of sp³-hybridized carbons (Fsp3) is 0.407.